The van der Waals surface area contributed by atoms with Gasteiger partial charge in [-0.2, -0.15) is 0 Å². The maximum absolute atomic E-state index is 6.14. The standard InChI is InChI=1S/C21H25ClN4/c1-14-6-7-15(2)19-18(14)25-20(21(26-19)8-10-23-11-9-21)24-13-16-4-3-5-17(22)12-16/h3-7,12,23,26H,8-11,13H2,1-2H3,(H,24,25). The third-order valence-corrected chi connectivity index (χ3v) is 5.67. The largest absolute Gasteiger partial charge is 0.371 e. The Kier molecular flexibility index (Phi) is 4.63. The van der Waals surface area contributed by atoms with Crippen LogP contribution in [-0.2, 0) is 6.54 Å². The van der Waals surface area contributed by atoms with Crippen molar-refractivity contribution in [1.82, 2.24) is 10.6 Å². The van der Waals surface area contributed by atoms with Crippen LogP contribution in [-0.4, -0.2) is 24.5 Å². The van der Waals surface area contributed by atoms with E-state index < -0.39 is 0 Å². The van der Waals surface area contributed by atoms with Crippen LogP contribution in [0.1, 0.15) is 29.5 Å². The lowest BCUT2D eigenvalue weighted by atomic mass is 9.84. The predicted molar refractivity (Wildman–Crippen MR) is 110 cm³/mol. The van der Waals surface area contributed by atoms with E-state index >= 15 is 0 Å². The molecule has 1 spiro atoms. The van der Waals surface area contributed by atoms with Gasteiger partial charge in [-0.25, -0.2) is 4.99 Å². The number of aryl methyl sites for hydroxylation is 2. The number of anilines is 1. The minimum atomic E-state index is -0.130. The summed E-state index contributed by atoms with van der Waals surface area (Å²) in [5, 5.41) is 11.7. The minimum absolute atomic E-state index is 0.130. The van der Waals surface area contributed by atoms with Crippen LogP contribution < -0.4 is 16.0 Å². The molecule has 0 radical (unpaired) electrons. The Morgan fingerprint density at radius 2 is 1.88 bits per heavy atom. The van der Waals surface area contributed by atoms with E-state index in [-0.39, 0.29) is 5.54 Å². The van der Waals surface area contributed by atoms with Crippen LogP contribution in [0.15, 0.2) is 41.4 Å². The molecule has 2 aromatic rings. The second-order valence-electron chi connectivity index (χ2n) is 7.32. The van der Waals surface area contributed by atoms with E-state index in [9.17, 15) is 0 Å². The second-order valence-corrected chi connectivity index (χ2v) is 7.76. The summed E-state index contributed by atoms with van der Waals surface area (Å²) in [4.78, 5) is 5.10. The molecule has 0 bridgehead atoms. The van der Waals surface area contributed by atoms with Crippen LogP contribution in [0.3, 0.4) is 0 Å². The zero-order valence-electron chi connectivity index (χ0n) is 15.3. The highest BCUT2D eigenvalue weighted by Crippen LogP contribution is 2.41. The molecule has 2 heterocycles. The maximum Gasteiger partial charge on any atom is 0.128 e. The van der Waals surface area contributed by atoms with Crippen LogP contribution in [0.2, 0.25) is 5.02 Å². The number of hydrogen-bond acceptors (Lipinski definition) is 4. The van der Waals surface area contributed by atoms with Gasteiger partial charge < -0.3 is 16.0 Å². The second kappa shape index (κ2) is 6.93. The molecule has 2 aliphatic heterocycles. The first kappa shape index (κ1) is 17.4. The molecule has 0 aliphatic carbocycles. The highest BCUT2D eigenvalue weighted by atomic mass is 35.5. The fourth-order valence-electron chi connectivity index (χ4n) is 3.87. The first-order valence-electron chi connectivity index (χ1n) is 9.24. The number of fused-ring (bicyclic) bond motifs is 1. The summed E-state index contributed by atoms with van der Waals surface area (Å²) < 4.78 is 0. The van der Waals surface area contributed by atoms with Crippen molar-refractivity contribution in [3.05, 3.63) is 58.1 Å². The number of nitrogens with one attached hydrogen (secondary N) is 3. The molecule has 0 amide bonds. The van der Waals surface area contributed by atoms with Gasteiger partial charge in [-0.3, -0.25) is 0 Å². The number of rotatable bonds is 2. The van der Waals surface area contributed by atoms with E-state index in [1.54, 1.807) is 0 Å². The maximum atomic E-state index is 6.14. The fourth-order valence-corrected chi connectivity index (χ4v) is 4.09. The SMILES string of the molecule is Cc1ccc(C)c2c1N=C(NCc1cccc(Cl)c1)C1(CCNCC1)N2. The fraction of sp³-hybridized carbons (Fsp3) is 0.381. The van der Waals surface area contributed by atoms with Gasteiger partial charge in [0.2, 0.25) is 0 Å². The summed E-state index contributed by atoms with van der Waals surface area (Å²) in [6, 6.07) is 12.3. The van der Waals surface area contributed by atoms with E-state index in [4.69, 9.17) is 16.6 Å². The lowest BCUT2D eigenvalue weighted by molar-refractivity contribution is 0.412. The van der Waals surface area contributed by atoms with Gasteiger partial charge in [0.1, 0.15) is 5.84 Å². The number of aliphatic imine (C=N–C) groups is 1. The lowest BCUT2D eigenvalue weighted by Crippen LogP contribution is -2.58. The van der Waals surface area contributed by atoms with Gasteiger partial charge >= 0.3 is 0 Å². The van der Waals surface area contributed by atoms with Crippen LogP contribution >= 0.6 is 11.6 Å². The average molecular weight is 369 g/mol. The number of piperidine rings is 1. The number of benzene rings is 2. The van der Waals surface area contributed by atoms with Gasteiger partial charge in [-0.1, -0.05) is 35.9 Å². The molecule has 2 aliphatic rings. The quantitative estimate of drug-likeness (QED) is 0.739. The third-order valence-electron chi connectivity index (χ3n) is 5.44. The Hall–Kier alpha value is -2.04. The van der Waals surface area contributed by atoms with Gasteiger partial charge in [0.05, 0.1) is 16.9 Å². The number of nitrogens with zero attached hydrogens (tertiary/aromatic N) is 1. The summed E-state index contributed by atoms with van der Waals surface area (Å²) in [7, 11) is 0. The summed E-state index contributed by atoms with van der Waals surface area (Å²) in [5.74, 6) is 1.04. The molecule has 2 aromatic carbocycles. The van der Waals surface area contributed by atoms with Gasteiger partial charge in [0.25, 0.3) is 0 Å². The summed E-state index contributed by atoms with van der Waals surface area (Å²) >= 11 is 6.14. The first-order valence-corrected chi connectivity index (χ1v) is 9.62. The summed E-state index contributed by atoms with van der Waals surface area (Å²) in [5.41, 5.74) is 5.72. The molecule has 136 valence electrons. The van der Waals surface area contributed by atoms with Crippen molar-refractivity contribution < 1.29 is 0 Å². The first-order chi connectivity index (χ1) is 12.6. The molecule has 0 aromatic heterocycles. The topological polar surface area (TPSA) is 48.5 Å². The van der Waals surface area contributed by atoms with Crippen molar-refractivity contribution in [3.8, 4) is 0 Å². The molecule has 1 saturated heterocycles. The molecular weight excluding hydrogens is 344 g/mol. The summed E-state index contributed by atoms with van der Waals surface area (Å²) in [6.07, 6.45) is 2.03. The molecule has 5 heteroatoms. The van der Waals surface area contributed by atoms with Crippen molar-refractivity contribution in [2.75, 3.05) is 18.4 Å². The van der Waals surface area contributed by atoms with Crippen LogP contribution in [0.25, 0.3) is 0 Å². The monoisotopic (exact) mass is 368 g/mol. The summed E-state index contributed by atoms with van der Waals surface area (Å²) in [6.45, 7) is 6.98. The van der Waals surface area contributed by atoms with Crippen LogP contribution in [0.5, 0.6) is 0 Å². The normalized spacial score (nSPS) is 18.0. The van der Waals surface area contributed by atoms with E-state index in [1.807, 2.05) is 18.2 Å². The number of hydrogen-bond donors (Lipinski definition) is 3. The molecule has 3 N–H and O–H groups in total. The van der Waals surface area contributed by atoms with Crippen molar-refractivity contribution >= 4 is 28.8 Å². The van der Waals surface area contributed by atoms with Gasteiger partial charge in [0, 0.05) is 11.6 Å². The minimum Gasteiger partial charge on any atom is -0.371 e. The average Bonchev–Trinajstić information content (AvgIpc) is 2.64. The third kappa shape index (κ3) is 3.19. The smallest absolute Gasteiger partial charge is 0.128 e. The molecule has 4 rings (SSSR count). The van der Waals surface area contributed by atoms with E-state index in [0.29, 0.717) is 0 Å². The van der Waals surface area contributed by atoms with Gasteiger partial charge in [0.15, 0.2) is 0 Å². The van der Waals surface area contributed by atoms with E-state index in [0.717, 1.165) is 54.6 Å². The van der Waals surface area contributed by atoms with Crippen molar-refractivity contribution in [2.45, 2.75) is 38.8 Å². The molecule has 1 fully saturated rings. The zero-order valence-corrected chi connectivity index (χ0v) is 16.1. The molecule has 0 saturated carbocycles. The van der Waals surface area contributed by atoms with Gasteiger partial charge in [-0.05, 0) is 68.6 Å². The van der Waals surface area contributed by atoms with E-state index in [1.165, 1.54) is 16.8 Å². The predicted octanol–water partition coefficient (Wildman–Crippen LogP) is 4.32. The Morgan fingerprint density at radius 3 is 2.65 bits per heavy atom. The van der Waals surface area contributed by atoms with E-state index in [2.05, 4.69) is 48.0 Å². The Bertz CT molecular complexity index is 853. The lowest BCUT2D eigenvalue weighted by Gasteiger charge is -2.43. The van der Waals surface area contributed by atoms with Crippen LogP contribution in [0.4, 0.5) is 11.4 Å². The highest BCUT2D eigenvalue weighted by molar-refractivity contribution is 6.30. The van der Waals surface area contributed by atoms with Crippen molar-refractivity contribution in [2.24, 2.45) is 4.99 Å². The molecule has 0 atom stereocenters. The highest BCUT2D eigenvalue weighted by Gasteiger charge is 2.40. The molecular formula is C21H25ClN4. The molecule has 0 unspecified atom stereocenters. The Labute approximate surface area is 160 Å². The Morgan fingerprint density at radius 1 is 1.12 bits per heavy atom. The molecule has 26 heavy (non-hydrogen) atoms. The number of halogens is 1. The number of amidine groups is 1. The van der Waals surface area contributed by atoms with Crippen molar-refractivity contribution in [3.63, 3.8) is 0 Å². The van der Waals surface area contributed by atoms with Crippen LogP contribution in [0, 0.1) is 13.8 Å². The van der Waals surface area contributed by atoms with Crippen molar-refractivity contribution in [1.29, 1.82) is 0 Å². The Balaban J connectivity index is 1.70. The van der Waals surface area contributed by atoms with Gasteiger partial charge in [-0.15, -0.1) is 0 Å². The zero-order chi connectivity index (χ0) is 18.1. The molecule has 4 nitrogen and oxygen atoms in total.